The van der Waals surface area contributed by atoms with E-state index in [0.717, 1.165) is 18.7 Å². The lowest BCUT2D eigenvalue weighted by Gasteiger charge is -2.53. The van der Waals surface area contributed by atoms with Gasteiger partial charge in [-0.25, -0.2) is 15.3 Å². The third-order valence-corrected chi connectivity index (χ3v) is 7.13. The molecule has 0 radical (unpaired) electrons. The molecule has 5 nitrogen and oxygen atoms in total. The van der Waals surface area contributed by atoms with Crippen LogP contribution in [0.25, 0.3) is 16.6 Å². The van der Waals surface area contributed by atoms with Gasteiger partial charge in [-0.1, -0.05) is 25.1 Å². The van der Waals surface area contributed by atoms with Crippen molar-refractivity contribution in [3.05, 3.63) is 41.6 Å². The number of rotatable bonds is 2. The topological polar surface area (TPSA) is 41.8 Å². The molecule has 1 fully saturated rings. The molecule has 3 atom stereocenters. The van der Waals surface area contributed by atoms with Crippen LogP contribution < -0.4 is 5.48 Å². The zero-order chi connectivity index (χ0) is 18.2. The fourth-order valence-electron chi connectivity index (χ4n) is 5.95. The zero-order valence-electron chi connectivity index (χ0n) is 16.0. The number of hydroxylamine groups is 1. The predicted molar refractivity (Wildman–Crippen MR) is 107 cm³/mol. The van der Waals surface area contributed by atoms with Gasteiger partial charge in [-0.05, 0) is 56.9 Å². The Balaban J connectivity index is 1.70. The number of hydrogen-bond donors (Lipinski definition) is 1. The molecule has 4 aliphatic heterocycles. The van der Waals surface area contributed by atoms with Gasteiger partial charge in [0.05, 0.1) is 17.3 Å². The summed E-state index contributed by atoms with van der Waals surface area (Å²) in [5, 5.41) is 1.41. The van der Waals surface area contributed by atoms with Crippen LogP contribution in [0.4, 0.5) is 0 Å². The monoisotopic (exact) mass is 362 g/mol. The summed E-state index contributed by atoms with van der Waals surface area (Å²) in [6.45, 7) is 6.73. The third kappa shape index (κ3) is 1.99. The number of aromatic nitrogens is 1. The highest BCUT2D eigenvalue weighted by molar-refractivity contribution is 6.19. The number of nitrogens with zero attached hydrogens (tertiary/aromatic N) is 3. The molecule has 1 aromatic heterocycles. The molecule has 1 saturated heterocycles. The lowest BCUT2D eigenvalue weighted by Crippen LogP contribution is -2.51. The van der Waals surface area contributed by atoms with Crippen LogP contribution in [0.5, 0.6) is 0 Å². The molecule has 27 heavy (non-hydrogen) atoms. The molecule has 0 amide bonds. The summed E-state index contributed by atoms with van der Waals surface area (Å²) in [6.07, 6.45) is 7.19. The highest BCUT2D eigenvalue weighted by Crippen LogP contribution is 2.57. The molecule has 4 aliphatic rings. The molecule has 0 spiro atoms. The number of hydrogen-bond acceptors (Lipinski definition) is 4. The van der Waals surface area contributed by atoms with E-state index in [1.165, 1.54) is 48.2 Å². The van der Waals surface area contributed by atoms with E-state index in [9.17, 15) is 0 Å². The summed E-state index contributed by atoms with van der Waals surface area (Å²) in [4.78, 5) is 13.1. The molecule has 1 aromatic carbocycles. The number of fused-ring (bicyclic) bond motifs is 3. The summed E-state index contributed by atoms with van der Waals surface area (Å²) >= 11 is 0. The van der Waals surface area contributed by atoms with E-state index in [4.69, 9.17) is 9.83 Å². The minimum Gasteiger partial charge on any atom is -0.308 e. The van der Waals surface area contributed by atoms with E-state index in [1.807, 2.05) is 6.92 Å². The molecule has 1 unspecified atom stereocenters. The number of nitrogens with one attached hydrogen (secondary N) is 1. The van der Waals surface area contributed by atoms with Gasteiger partial charge in [-0.15, -0.1) is 0 Å². The van der Waals surface area contributed by atoms with Gasteiger partial charge in [-0.2, -0.15) is 0 Å². The Morgan fingerprint density at radius 3 is 3.00 bits per heavy atom. The molecular weight excluding hydrogens is 336 g/mol. The molecule has 1 N–H and O–H groups in total. The van der Waals surface area contributed by atoms with Gasteiger partial charge in [0.25, 0.3) is 0 Å². The van der Waals surface area contributed by atoms with E-state index in [-0.39, 0.29) is 11.6 Å². The van der Waals surface area contributed by atoms with Crippen molar-refractivity contribution < 1.29 is 4.84 Å². The van der Waals surface area contributed by atoms with E-state index < -0.39 is 0 Å². The molecular formula is C22H26N4O. The van der Waals surface area contributed by atoms with Crippen LogP contribution in [0.2, 0.25) is 0 Å². The molecule has 6 rings (SSSR count). The first-order valence-electron chi connectivity index (χ1n) is 10.3. The van der Waals surface area contributed by atoms with Crippen LogP contribution in [-0.2, 0) is 11.3 Å². The number of amidine groups is 1. The highest BCUT2D eigenvalue weighted by Gasteiger charge is 2.50. The van der Waals surface area contributed by atoms with Gasteiger partial charge >= 0.3 is 0 Å². The number of piperidine rings is 1. The van der Waals surface area contributed by atoms with Crippen molar-refractivity contribution in [2.24, 2.45) is 10.4 Å². The number of benzene rings is 1. The smallest absolute Gasteiger partial charge is 0.174 e. The first kappa shape index (κ1) is 15.9. The second kappa shape index (κ2) is 5.46. The molecule has 140 valence electrons. The minimum absolute atomic E-state index is 0.142. The quantitative estimate of drug-likeness (QED) is 0.882. The summed E-state index contributed by atoms with van der Waals surface area (Å²) in [5.41, 5.74) is 8.82. The molecule has 0 saturated carbocycles. The summed E-state index contributed by atoms with van der Waals surface area (Å²) in [5.74, 6) is 0.875. The fraction of sp³-hybridized carbons (Fsp3) is 0.500. The van der Waals surface area contributed by atoms with Crippen molar-refractivity contribution in [2.45, 2.75) is 51.8 Å². The van der Waals surface area contributed by atoms with Gasteiger partial charge < -0.3 is 4.57 Å². The van der Waals surface area contributed by atoms with Crippen molar-refractivity contribution in [3.8, 4) is 0 Å². The van der Waals surface area contributed by atoms with E-state index in [0.29, 0.717) is 6.04 Å². The summed E-state index contributed by atoms with van der Waals surface area (Å²) < 4.78 is 2.48. The molecule has 0 bridgehead atoms. The molecule has 5 heteroatoms. The van der Waals surface area contributed by atoms with Crippen molar-refractivity contribution >= 4 is 22.4 Å². The van der Waals surface area contributed by atoms with E-state index in [1.54, 1.807) is 5.56 Å². The van der Waals surface area contributed by atoms with E-state index >= 15 is 0 Å². The van der Waals surface area contributed by atoms with Crippen LogP contribution in [0, 0.1) is 5.41 Å². The second-order valence-electron chi connectivity index (χ2n) is 8.42. The third-order valence-electron chi connectivity index (χ3n) is 7.13. The SMILES string of the molecule is CC[C@@]12C=C(C3=NC(C)ON3)n3c4c(c5ccccc53)CCN(CCC1)[C@H]42. The minimum atomic E-state index is -0.142. The first-order chi connectivity index (χ1) is 13.2. The van der Waals surface area contributed by atoms with Gasteiger partial charge in [0.15, 0.2) is 12.1 Å². The van der Waals surface area contributed by atoms with Crippen LogP contribution in [0.3, 0.4) is 0 Å². The fourth-order valence-corrected chi connectivity index (χ4v) is 5.95. The van der Waals surface area contributed by atoms with Crippen LogP contribution >= 0.6 is 0 Å². The van der Waals surface area contributed by atoms with Crippen LogP contribution in [-0.4, -0.2) is 34.6 Å². The Hall–Kier alpha value is -2.11. The molecule has 5 heterocycles. The highest BCUT2D eigenvalue weighted by atomic mass is 16.7. The van der Waals surface area contributed by atoms with Gasteiger partial charge in [0, 0.05) is 23.0 Å². The van der Waals surface area contributed by atoms with Crippen LogP contribution in [0.15, 0.2) is 35.3 Å². The Morgan fingerprint density at radius 2 is 2.19 bits per heavy atom. The summed E-state index contributed by atoms with van der Waals surface area (Å²) in [6, 6.07) is 9.36. The van der Waals surface area contributed by atoms with Crippen molar-refractivity contribution in [1.29, 1.82) is 0 Å². The second-order valence-corrected chi connectivity index (χ2v) is 8.42. The van der Waals surface area contributed by atoms with E-state index in [2.05, 4.69) is 52.2 Å². The molecule has 0 aliphatic carbocycles. The maximum atomic E-state index is 5.57. The maximum Gasteiger partial charge on any atom is 0.174 e. The van der Waals surface area contributed by atoms with Crippen molar-refractivity contribution in [2.75, 3.05) is 13.1 Å². The Kier molecular flexibility index (Phi) is 3.21. The number of aliphatic imine (C=N–C) groups is 1. The lowest BCUT2D eigenvalue weighted by molar-refractivity contribution is 0.0271. The average molecular weight is 362 g/mol. The maximum absolute atomic E-state index is 5.57. The largest absolute Gasteiger partial charge is 0.308 e. The van der Waals surface area contributed by atoms with Crippen molar-refractivity contribution in [1.82, 2.24) is 14.9 Å². The lowest BCUT2D eigenvalue weighted by atomic mass is 9.66. The molecule has 2 aromatic rings. The Bertz CT molecular complexity index is 1000. The first-order valence-corrected chi connectivity index (χ1v) is 10.3. The van der Waals surface area contributed by atoms with Gasteiger partial charge in [0.2, 0.25) is 0 Å². The average Bonchev–Trinajstić information content (AvgIpc) is 3.28. The van der Waals surface area contributed by atoms with Crippen molar-refractivity contribution in [3.63, 3.8) is 0 Å². The Labute approximate surface area is 159 Å². The Morgan fingerprint density at radius 1 is 1.30 bits per heavy atom. The number of para-hydroxylation sites is 1. The normalized spacial score (nSPS) is 32.1. The summed E-state index contributed by atoms with van der Waals surface area (Å²) in [7, 11) is 0. The van der Waals surface area contributed by atoms with Gasteiger partial charge in [-0.3, -0.25) is 4.90 Å². The predicted octanol–water partition coefficient (Wildman–Crippen LogP) is 3.86. The zero-order valence-corrected chi connectivity index (χ0v) is 16.0. The van der Waals surface area contributed by atoms with Gasteiger partial charge in [0.1, 0.15) is 0 Å². The standard InChI is InChI=1S/C22H26N4O/c1-3-22-10-6-11-25-12-9-16-15-7-4-5-8-17(15)26(19(16)20(22)25)18(13-22)21-23-14(2)27-24-21/h4-5,7-8,13-14,20H,3,6,9-12H2,1-2H3,(H,23,24)/t14?,20-,22+/m1/s1. The van der Waals surface area contributed by atoms with Crippen LogP contribution in [0.1, 0.15) is 50.4 Å².